The van der Waals surface area contributed by atoms with Crippen molar-refractivity contribution in [2.45, 2.75) is 25.9 Å². The smallest absolute Gasteiger partial charge is 0.317 e. The lowest BCUT2D eigenvalue weighted by atomic mass is 10.2. The first-order chi connectivity index (χ1) is 8.15. The Morgan fingerprint density at radius 1 is 1.47 bits per heavy atom. The third-order valence-corrected chi connectivity index (χ3v) is 2.55. The number of aryl methyl sites for hydroxylation is 1. The predicted octanol–water partition coefficient (Wildman–Crippen LogP) is 0.627. The largest absolute Gasteiger partial charge is 0.460 e. The van der Waals surface area contributed by atoms with Crippen LogP contribution >= 0.6 is 0 Å². The molecule has 1 aromatic heterocycles. The van der Waals surface area contributed by atoms with Gasteiger partial charge >= 0.3 is 6.01 Å². The van der Waals surface area contributed by atoms with Crippen LogP contribution < -0.4 is 10.5 Å². The van der Waals surface area contributed by atoms with E-state index in [-0.39, 0.29) is 11.9 Å². The summed E-state index contributed by atoms with van der Waals surface area (Å²) in [6.45, 7) is 3.23. The lowest BCUT2D eigenvalue weighted by Gasteiger charge is -2.22. The number of nitrogens with two attached hydrogens (primary N) is 1. The van der Waals surface area contributed by atoms with Crippen LogP contribution in [0.25, 0.3) is 0 Å². The van der Waals surface area contributed by atoms with Crippen molar-refractivity contribution in [3.8, 4) is 6.01 Å². The first-order valence-electron chi connectivity index (χ1n) is 5.59. The standard InChI is InChI=1S/C11H16N4O2/c1-7-6-9(10(12)13)15-11(14-7)17-8-2-4-16-5-3-8/h6,8H,2-5H2,1H3,(H3,12,13). The van der Waals surface area contributed by atoms with Crippen LogP contribution in [0, 0.1) is 12.3 Å². The van der Waals surface area contributed by atoms with Crippen LogP contribution in [0.5, 0.6) is 6.01 Å². The SMILES string of the molecule is Cc1cc(C(=N)N)nc(OC2CCOCC2)n1. The minimum atomic E-state index is -0.0765. The lowest BCUT2D eigenvalue weighted by Crippen LogP contribution is -2.27. The molecule has 1 aliphatic heterocycles. The Morgan fingerprint density at radius 2 is 2.18 bits per heavy atom. The number of nitrogens with zero attached hydrogens (tertiary/aromatic N) is 2. The van der Waals surface area contributed by atoms with E-state index in [2.05, 4.69) is 9.97 Å². The van der Waals surface area contributed by atoms with Crippen molar-refractivity contribution in [1.82, 2.24) is 9.97 Å². The van der Waals surface area contributed by atoms with Gasteiger partial charge in [-0.25, -0.2) is 4.98 Å². The van der Waals surface area contributed by atoms with Crippen LogP contribution in [0.4, 0.5) is 0 Å². The second kappa shape index (κ2) is 5.09. The summed E-state index contributed by atoms with van der Waals surface area (Å²) in [6.07, 6.45) is 1.77. The van der Waals surface area contributed by atoms with Gasteiger partial charge in [-0.2, -0.15) is 4.98 Å². The molecule has 0 aliphatic carbocycles. The Kier molecular flexibility index (Phi) is 3.53. The first kappa shape index (κ1) is 11.8. The summed E-state index contributed by atoms with van der Waals surface area (Å²) >= 11 is 0. The van der Waals surface area contributed by atoms with Gasteiger partial charge in [0.2, 0.25) is 0 Å². The lowest BCUT2D eigenvalue weighted by molar-refractivity contribution is 0.0216. The molecule has 1 fully saturated rings. The van der Waals surface area contributed by atoms with E-state index in [1.165, 1.54) is 0 Å². The van der Waals surface area contributed by atoms with Crippen molar-refractivity contribution in [2.24, 2.45) is 5.73 Å². The van der Waals surface area contributed by atoms with Crippen LogP contribution in [-0.4, -0.2) is 35.1 Å². The second-order valence-corrected chi connectivity index (χ2v) is 4.02. The molecule has 1 aliphatic rings. The Hall–Kier alpha value is -1.69. The Balaban J connectivity index is 2.11. The number of hydrogen-bond donors (Lipinski definition) is 2. The van der Waals surface area contributed by atoms with E-state index in [1.807, 2.05) is 6.92 Å². The molecule has 92 valence electrons. The van der Waals surface area contributed by atoms with E-state index < -0.39 is 0 Å². The topological polar surface area (TPSA) is 94.1 Å². The number of aromatic nitrogens is 2. The third-order valence-electron chi connectivity index (χ3n) is 2.55. The summed E-state index contributed by atoms with van der Waals surface area (Å²) in [4.78, 5) is 8.29. The van der Waals surface area contributed by atoms with Gasteiger partial charge in [-0.3, -0.25) is 5.41 Å². The average molecular weight is 236 g/mol. The van der Waals surface area contributed by atoms with Crippen LogP contribution in [0.1, 0.15) is 24.2 Å². The van der Waals surface area contributed by atoms with Crippen LogP contribution in [0.3, 0.4) is 0 Å². The number of rotatable bonds is 3. The third kappa shape index (κ3) is 3.13. The van der Waals surface area contributed by atoms with Crippen molar-refractivity contribution in [2.75, 3.05) is 13.2 Å². The number of nitrogens with one attached hydrogen (secondary N) is 1. The molecule has 0 atom stereocenters. The molecule has 2 rings (SSSR count). The van der Waals surface area contributed by atoms with Gasteiger partial charge < -0.3 is 15.2 Å². The molecule has 0 unspecified atom stereocenters. The van der Waals surface area contributed by atoms with Crippen molar-refractivity contribution in [3.63, 3.8) is 0 Å². The molecule has 0 bridgehead atoms. The Morgan fingerprint density at radius 3 is 2.82 bits per heavy atom. The normalized spacial score (nSPS) is 16.8. The summed E-state index contributed by atoms with van der Waals surface area (Å²) < 4.78 is 10.9. The minimum absolute atomic E-state index is 0.0765. The maximum Gasteiger partial charge on any atom is 0.317 e. The van der Waals surface area contributed by atoms with E-state index >= 15 is 0 Å². The van der Waals surface area contributed by atoms with E-state index in [0.29, 0.717) is 24.9 Å². The van der Waals surface area contributed by atoms with Crippen molar-refractivity contribution >= 4 is 5.84 Å². The molecule has 17 heavy (non-hydrogen) atoms. The summed E-state index contributed by atoms with van der Waals surface area (Å²) in [5.74, 6) is -0.0765. The monoisotopic (exact) mass is 236 g/mol. The van der Waals surface area contributed by atoms with Crippen molar-refractivity contribution in [3.05, 3.63) is 17.5 Å². The fourth-order valence-electron chi connectivity index (χ4n) is 1.67. The van der Waals surface area contributed by atoms with E-state index in [1.54, 1.807) is 6.07 Å². The predicted molar refractivity (Wildman–Crippen MR) is 62.3 cm³/mol. The van der Waals surface area contributed by atoms with Crippen LogP contribution in [0.15, 0.2) is 6.07 Å². The number of amidine groups is 1. The number of hydrogen-bond acceptors (Lipinski definition) is 5. The molecule has 0 spiro atoms. The zero-order chi connectivity index (χ0) is 12.3. The Bertz CT molecular complexity index is 416. The molecule has 0 saturated carbocycles. The highest BCUT2D eigenvalue weighted by Crippen LogP contribution is 2.15. The minimum Gasteiger partial charge on any atom is -0.460 e. The highest BCUT2D eigenvalue weighted by Gasteiger charge is 2.17. The van der Waals surface area contributed by atoms with Gasteiger partial charge in [-0.1, -0.05) is 0 Å². The molecule has 1 aromatic rings. The average Bonchev–Trinajstić information content (AvgIpc) is 2.29. The van der Waals surface area contributed by atoms with E-state index in [0.717, 1.165) is 18.5 Å². The molecule has 2 heterocycles. The zero-order valence-corrected chi connectivity index (χ0v) is 9.77. The number of ether oxygens (including phenoxy) is 2. The highest BCUT2D eigenvalue weighted by molar-refractivity contribution is 5.93. The highest BCUT2D eigenvalue weighted by atomic mass is 16.5. The fraction of sp³-hybridized carbons (Fsp3) is 0.545. The van der Waals surface area contributed by atoms with Gasteiger partial charge in [0, 0.05) is 18.5 Å². The first-order valence-corrected chi connectivity index (χ1v) is 5.59. The van der Waals surface area contributed by atoms with Crippen LogP contribution in [-0.2, 0) is 4.74 Å². The second-order valence-electron chi connectivity index (χ2n) is 4.02. The number of nitrogen functional groups attached to an aromatic ring is 1. The van der Waals surface area contributed by atoms with Crippen molar-refractivity contribution in [1.29, 1.82) is 5.41 Å². The molecular weight excluding hydrogens is 220 g/mol. The molecule has 1 saturated heterocycles. The summed E-state index contributed by atoms with van der Waals surface area (Å²) in [7, 11) is 0. The molecule has 0 aromatic carbocycles. The van der Waals surface area contributed by atoms with E-state index in [4.69, 9.17) is 20.6 Å². The Labute approximate surface area is 99.7 Å². The van der Waals surface area contributed by atoms with Gasteiger partial charge in [0.1, 0.15) is 17.6 Å². The molecular formula is C11H16N4O2. The summed E-state index contributed by atoms with van der Waals surface area (Å²) in [6, 6.07) is 1.96. The molecule has 0 radical (unpaired) electrons. The van der Waals surface area contributed by atoms with Gasteiger partial charge in [-0.15, -0.1) is 0 Å². The maximum atomic E-state index is 7.36. The molecule has 0 amide bonds. The fourth-order valence-corrected chi connectivity index (χ4v) is 1.67. The van der Waals surface area contributed by atoms with E-state index in [9.17, 15) is 0 Å². The van der Waals surface area contributed by atoms with Crippen molar-refractivity contribution < 1.29 is 9.47 Å². The van der Waals surface area contributed by atoms with Gasteiger partial charge in [-0.05, 0) is 13.0 Å². The molecule has 6 nitrogen and oxygen atoms in total. The van der Waals surface area contributed by atoms with Gasteiger partial charge in [0.15, 0.2) is 0 Å². The van der Waals surface area contributed by atoms with Gasteiger partial charge in [0.25, 0.3) is 0 Å². The summed E-state index contributed by atoms with van der Waals surface area (Å²) in [5.41, 5.74) is 6.55. The summed E-state index contributed by atoms with van der Waals surface area (Å²) in [5, 5.41) is 7.36. The van der Waals surface area contributed by atoms with Crippen LogP contribution in [0.2, 0.25) is 0 Å². The molecule has 3 N–H and O–H groups in total. The zero-order valence-electron chi connectivity index (χ0n) is 9.77. The van der Waals surface area contributed by atoms with Gasteiger partial charge in [0.05, 0.1) is 13.2 Å². The molecule has 6 heteroatoms. The quantitative estimate of drug-likeness (QED) is 0.593. The maximum absolute atomic E-state index is 7.36.